The van der Waals surface area contributed by atoms with E-state index in [-0.39, 0.29) is 0 Å². The van der Waals surface area contributed by atoms with Crippen molar-refractivity contribution in [1.82, 2.24) is 19.7 Å². The number of rotatable bonds is 4. The van der Waals surface area contributed by atoms with Crippen molar-refractivity contribution in [3.8, 4) is 5.75 Å². The molecule has 0 unspecified atom stereocenters. The van der Waals surface area contributed by atoms with Gasteiger partial charge in [-0.15, -0.1) is 0 Å². The van der Waals surface area contributed by atoms with Crippen molar-refractivity contribution in [3.05, 3.63) is 59.9 Å². The van der Waals surface area contributed by atoms with Gasteiger partial charge in [-0.3, -0.25) is 0 Å². The molecular formula is C20H20N4O3. The lowest BCUT2D eigenvalue weighted by Gasteiger charge is -2.23. The van der Waals surface area contributed by atoms with Crippen molar-refractivity contribution >= 4 is 22.7 Å². The maximum atomic E-state index is 11.0. The molecule has 2 aromatic heterocycles. The zero-order chi connectivity index (χ0) is 18.8. The Labute approximate surface area is 156 Å². The molecule has 1 aliphatic rings. The van der Waals surface area contributed by atoms with Crippen LogP contribution >= 0.6 is 0 Å². The van der Waals surface area contributed by atoms with Crippen LogP contribution in [0.2, 0.25) is 0 Å². The number of carboxylic acid groups (broad SMARTS) is 1. The van der Waals surface area contributed by atoms with Gasteiger partial charge in [0.05, 0.1) is 19.9 Å². The van der Waals surface area contributed by atoms with Gasteiger partial charge in [-0.05, 0) is 41.3 Å². The maximum absolute atomic E-state index is 11.0. The summed E-state index contributed by atoms with van der Waals surface area (Å²) in [5.41, 5.74) is 4.11. The number of hydrogen-bond acceptors (Lipinski definition) is 4. The van der Waals surface area contributed by atoms with Crippen molar-refractivity contribution in [1.29, 1.82) is 0 Å². The largest absolute Gasteiger partial charge is 0.497 e. The SMILES string of the molecule is COc1ccc(Cn2ncc3cc(C4=CCN(C(=O)O)CC4)cnc32)cc1. The molecule has 0 atom stereocenters. The lowest BCUT2D eigenvalue weighted by atomic mass is 10.0. The normalized spacial score (nSPS) is 14.3. The second-order valence-corrected chi connectivity index (χ2v) is 6.50. The van der Waals surface area contributed by atoms with Crippen LogP contribution in [0.15, 0.2) is 48.8 Å². The molecular weight excluding hydrogens is 344 g/mol. The van der Waals surface area contributed by atoms with Crippen LogP contribution in [0.5, 0.6) is 5.75 Å². The van der Waals surface area contributed by atoms with E-state index in [1.807, 2.05) is 47.4 Å². The molecule has 7 nitrogen and oxygen atoms in total. The van der Waals surface area contributed by atoms with Gasteiger partial charge >= 0.3 is 6.09 Å². The van der Waals surface area contributed by atoms with E-state index in [0.29, 0.717) is 26.1 Å². The van der Waals surface area contributed by atoms with Gasteiger partial charge in [-0.25, -0.2) is 14.5 Å². The molecule has 0 saturated carbocycles. The Morgan fingerprint density at radius 2 is 2.07 bits per heavy atom. The van der Waals surface area contributed by atoms with Gasteiger partial charge in [0.2, 0.25) is 0 Å². The standard InChI is InChI=1S/C20H20N4O3/c1-27-18-4-2-14(3-5-18)13-24-19-17(12-22-24)10-16(11-21-19)15-6-8-23(9-7-15)20(25)26/h2-6,10-12H,7-9,13H2,1H3,(H,25,26). The van der Waals surface area contributed by atoms with E-state index in [9.17, 15) is 4.79 Å². The predicted octanol–water partition coefficient (Wildman–Crippen LogP) is 3.26. The molecule has 4 rings (SSSR count). The summed E-state index contributed by atoms with van der Waals surface area (Å²) in [5.74, 6) is 0.828. The summed E-state index contributed by atoms with van der Waals surface area (Å²) in [6.07, 6.45) is 5.44. The van der Waals surface area contributed by atoms with Crippen LogP contribution in [-0.2, 0) is 6.54 Å². The molecule has 27 heavy (non-hydrogen) atoms. The summed E-state index contributed by atoms with van der Waals surface area (Å²) in [4.78, 5) is 17.0. The highest BCUT2D eigenvalue weighted by molar-refractivity contribution is 5.80. The van der Waals surface area contributed by atoms with Gasteiger partial charge in [0.1, 0.15) is 5.75 Å². The van der Waals surface area contributed by atoms with E-state index in [2.05, 4.69) is 16.1 Å². The van der Waals surface area contributed by atoms with Gasteiger partial charge in [0, 0.05) is 24.7 Å². The molecule has 3 heterocycles. The van der Waals surface area contributed by atoms with E-state index < -0.39 is 6.09 Å². The van der Waals surface area contributed by atoms with Crippen molar-refractivity contribution in [2.75, 3.05) is 20.2 Å². The second-order valence-electron chi connectivity index (χ2n) is 6.50. The summed E-state index contributed by atoms with van der Waals surface area (Å²) in [5, 5.41) is 14.5. The molecule has 0 radical (unpaired) electrons. The predicted molar refractivity (Wildman–Crippen MR) is 102 cm³/mol. The minimum Gasteiger partial charge on any atom is -0.497 e. The van der Waals surface area contributed by atoms with Crippen LogP contribution in [0, 0.1) is 0 Å². The molecule has 7 heteroatoms. The molecule has 1 N–H and O–H groups in total. The maximum Gasteiger partial charge on any atom is 0.407 e. The summed E-state index contributed by atoms with van der Waals surface area (Å²) >= 11 is 0. The first-order valence-electron chi connectivity index (χ1n) is 8.76. The number of methoxy groups -OCH3 is 1. The minimum absolute atomic E-state index is 0.416. The van der Waals surface area contributed by atoms with Crippen LogP contribution in [-0.4, -0.2) is 51.1 Å². The smallest absolute Gasteiger partial charge is 0.407 e. The summed E-state index contributed by atoms with van der Waals surface area (Å²) in [6, 6.07) is 9.97. The Balaban J connectivity index is 1.55. The first-order chi connectivity index (χ1) is 13.1. The Bertz CT molecular complexity index is 1010. The summed E-state index contributed by atoms with van der Waals surface area (Å²) in [6.45, 7) is 1.56. The first kappa shape index (κ1) is 17.1. The molecule has 0 spiro atoms. The number of aromatic nitrogens is 3. The van der Waals surface area contributed by atoms with E-state index in [1.165, 1.54) is 4.90 Å². The minimum atomic E-state index is -0.876. The monoisotopic (exact) mass is 364 g/mol. The third-order valence-corrected chi connectivity index (χ3v) is 4.82. The third kappa shape index (κ3) is 3.48. The Kier molecular flexibility index (Phi) is 4.50. The van der Waals surface area contributed by atoms with Crippen molar-refractivity contribution < 1.29 is 14.6 Å². The molecule has 1 amide bonds. The van der Waals surface area contributed by atoms with E-state index in [1.54, 1.807) is 7.11 Å². The van der Waals surface area contributed by atoms with Crippen LogP contribution in [0.1, 0.15) is 17.5 Å². The van der Waals surface area contributed by atoms with Crippen LogP contribution in [0.4, 0.5) is 4.79 Å². The number of carbonyl (C=O) groups is 1. The van der Waals surface area contributed by atoms with Crippen molar-refractivity contribution in [2.24, 2.45) is 0 Å². The molecule has 138 valence electrons. The number of pyridine rings is 1. The molecule has 3 aromatic rings. The number of fused-ring (bicyclic) bond motifs is 1. The highest BCUT2D eigenvalue weighted by Crippen LogP contribution is 2.25. The van der Waals surface area contributed by atoms with Crippen LogP contribution in [0.3, 0.4) is 0 Å². The van der Waals surface area contributed by atoms with E-state index in [4.69, 9.17) is 9.84 Å². The molecule has 0 aliphatic carbocycles. The van der Waals surface area contributed by atoms with Gasteiger partial charge in [0.25, 0.3) is 0 Å². The molecule has 0 saturated heterocycles. The molecule has 0 fully saturated rings. The number of nitrogens with zero attached hydrogens (tertiary/aromatic N) is 4. The van der Waals surface area contributed by atoms with Crippen LogP contribution < -0.4 is 4.74 Å². The lowest BCUT2D eigenvalue weighted by Crippen LogP contribution is -2.33. The van der Waals surface area contributed by atoms with Gasteiger partial charge < -0.3 is 14.7 Å². The highest BCUT2D eigenvalue weighted by atomic mass is 16.5. The highest BCUT2D eigenvalue weighted by Gasteiger charge is 2.17. The van der Waals surface area contributed by atoms with Gasteiger partial charge in [-0.2, -0.15) is 5.10 Å². The fraction of sp³-hybridized carbons (Fsp3) is 0.250. The number of ether oxygens (including phenoxy) is 1. The van der Waals surface area contributed by atoms with E-state index >= 15 is 0 Å². The average molecular weight is 364 g/mol. The number of benzene rings is 1. The quantitative estimate of drug-likeness (QED) is 0.769. The number of amides is 1. The number of hydrogen-bond donors (Lipinski definition) is 1. The Morgan fingerprint density at radius 1 is 1.26 bits per heavy atom. The third-order valence-electron chi connectivity index (χ3n) is 4.82. The van der Waals surface area contributed by atoms with Crippen molar-refractivity contribution in [3.63, 3.8) is 0 Å². The second kappa shape index (κ2) is 7.11. The van der Waals surface area contributed by atoms with Gasteiger partial charge in [-0.1, -0.05) is 18.2 Å². The summed E-state index contributed by atoms with van der Waals surface area (Å²) < 4.78 is 7.07. The average Bonchev–Trinajstić information content (AvgIpc) is 3.10. The molecule has 1 aliphatic heterocycles. The molecule has 1 aromatic carbocycles. The fourth-order valence-corrected chi connectivity index (χ4v) is 3.27. The summed E-state index contributed by atoms with van der Waals surface area (Å²) in [7, 11) is 1.65. The topological polar surface area (TPSA) is 80.5 Å². The molecule has 0 bridgehead atoms. The van der Waals surface area contributed by atoms with E-state index in [0.717, 1.165) is 33.5 Å². The van der Waals surface area contributed by atoms with Crippen LogP contribution in [0.25, 0.3) is 16.6 Å². The zero-order valence-corrected chi connectivity index (χ0v) is 15.0. The fourth-order valence-electron chi connectivity index (χ4n) is 3.27. The lowest BCUT2D eigenvalue weighted by molar-refractivity contribution is 0.150. The van der Waals surface area contributed by atoms with Crippen molar-refractivity contribution in [2.45, 2.75) is 13.0 Å². The van der Waals surface area contributed by atoms with Gasteiger partial charge in [0.15, 0.2) is 5.65 Å². The zero-order valence-electron chi connectivity index (χ0n) is 15.0. The first-order valence-corrected chi connectivity index (χ1v) is 8.76. The Morgan fingerprint density at radius 3 is 2.74 bits per heavy atom. The Hall–Kier alpha value is -3.35.